The number of hydrogen-bond acceptors (Lipinski definition) is 8. The molecule has 2 heterocycles. The topological polar surface area (TPSA) is 116 Å². The number of thiazole rings is 1. The number of allylic oxidation sites excluding steroid dienone is 1. The van der Waals surface area contributed by atoms with Crippen molar-refractivity contribution >= 4 is 29.4 Å². The van der Waals surface area contributed by atoms with Crippen LogP contribution >= 0.6 is 11.3 Å². The minimum absolute atomic E-state index is 0.190. The van der Waals surface area contributed by atoms with E-state index in [0.29, 0.717) is 37.7 Å². The fraction of sp³-hybridized carbons (Fsp3) is 0.188. The van der Waals surface area contributed by atoms with Crippen LogP contribution in [0.5, 0.6) is 11.5 Å². The van der Waals surface area contributed by atoms with Crippen molar-refractivity contribution in [1.29, 1.82) is 0 Å². The largest absolute Gasteiger partial charge is 0.496 e. The van der Waals surface area contributed by atoms with E-state index < -0.39 is 18.0 Å². The first-order valence-corrected chi connectivity index (χ1v) is 14.0. The van der Waals surface area contributed by atoms with Gasteiger partial charge in [-0.15, -0.1) is 0 Å². The Morgan fingerprint density at radius 3 is 2.43 bits per heavy atom. The van der Waals surface area contributed by atoms with E-state index in [4.69, 9.17) is 19.3 Å². The third-order valence-corrected chi connectivity index (χ3v) is 7.72. The Kier molecular flexibility index (Phi) is 8.35. The molecular weight excluding hydrogens is 556 g/mol. The summed E-state index contributed by atoms with van der Waals surface area (Å²) in [6.07, 6.45) is 1.78. The second kappa shape index (κ2) is 12.3. The van der Waals surface area contributed by atoms with E-state index in [2.05, 4.69) is 4.99 Å². The summed E-state index contributed by atoms with van der Waals surface area (Å²) >= 11 is 1.24. The fourth-order valence-electron chi connectivity index (χ4n) is 4.70. The number of carbonyl (C=O) groups is 2. The lowest BCUT2D eigenvalue weighted by atomic mass is 9.95. The number of para-hydroxylation sites is 1. The molecule has 214 valence electrons. The highest BCUT2D eigenvalue weighted by Crippen LogP contribution is 2.35. The number of rotatable bonds is 9. The lowest BCUT2D eigenvalue weighted by molar-refractivity contribution is -0.139. The lowest BCUT2D eigenvalue weighted by Gasteiger charge is -2.25. The molecule has 0 aliphatic carbocycles. The summed E-state index contributed by atoms with van der Waals surface area (Å²) in [5.74, 6) is -0.337. The minimum Gasteiger partial charge on any atom is -0.496 e. The molecule has 0 saturated heterocycles. The predicted octanol–water partition coefficient (Wildman–Crippen LogP) is 4.08. The van der Waals surface area contributed by atoms with Crippen LogP contribution in [-0.4, -0.2) is 35.3 Å². The monoisotopic (exact) mass is 584 g/mol. The van der Waals surface area contributed by atoms with Crippen molar-refractivity contribution in [2.45, 2.75) is 26.5 Å². The Hall–Kier alpha value is -4.96. The number of fused-ring (bicyclic) bond motifs is 1. The van der Waals surface area contributed by atoms with Gasteiger partial charge in [0.2, 0.25) is 0 Å². The van der Waals surface area contributed by atoms with Crippen molar-refractivity contribution < 1.29 is 28.9 Å². The normalized spacial score (nSPS) is 14.6. The number of aromatic nitrogens is 1. The maximum atomic E-state index is 13.8. The smallest absolute Gasteiger partial charge is 0.338 e. The molecule has 42 heavy (non-hydrogen) atoms. The second-order valence-corrected chi connectivity index (χ2v) is 10.4. The molecule has 10 heteroatoms. The Morgan fingerprint density at radius 2 is 1.76 bits per heavy atom. The number of carboxylic acid groups (broad SMARTS) is 1. The van der Waals surface area contributed by atoms with Crippen molar-refractivity contribution in [2.24, 2.45) is 4.99 Å². The van der Waals surface area contributed by atoms with Crippen LogP contribution in [0.3, 0.4) is 0 Å². The molecule has 0 spiro atoms. The van der Waals surface area contributed by atoms with Crippen LogP contribution in [0.2, 0.25) is 0 Å². The van der Waals surface area contributed by atoms with E-state index in [1.54, 1.807) is 57.4 Å². The summed E-state index contributed by atoms with van der Waals surface area (Å²) in [5, 5.41) is 9.05. The number of esters is 1. The van der Waals surface area contributed by atoms with Crippen molar-refractivity contribution in [1.82, 2.24) is 4.57 Å². The van der Waals surface area contributed by atoms with E-state index in [-0.39, 0.29) is 24.3 Å². The fourth-order valence-corrected chi connectivity index (χ4v) is 5.75. The molecule has 1 N–H and O–H groups in total. The summed E-state index contributed by atoms with van der Waals surface area (Å²) in [6.45, 7) is 3.94. The standard InChI is InChI=1S/C32H28N2O7S/c1-4-40-31(38)27-19(2)33-32-34(28(27)24-7-5-6-8-25(24)39-3)29(35)26(42-32)17-20-11-15-23(16-12-20)41-18-21-9-13-22(14-10-21)30(36)37/h5-17,28H,4,18H2,1-3H3,(H,36,37)/b26-17+/t28-/m1/s1. The van der Waals surface area contributed by atoms with Gasteiger partial charge in [0.05, 0.1) is 35.1 Å². The zero-order valence-electron chi connectivity index (χ0n) is 23.2. The van der Waals surface area contributed by atoms with Gasteiger partial charge in [-0.05, 0) is 61.4 Å². The van der Waals surface area contributed by atoms with Gasteiger partial charge in [0.15, 0.2) is 4.80 Å². The highest BCUT2D eigenvalue weighted by Gasteiger charge is 2.34. The average Bonchev–Trinajstić information content (AvgIpc) is 3.30. The first-order valence-electron chi connectivity index (χ1n) is 13.2. The Bertz CT molecular complexity index is 1850. The van der Waals surface area contributed by atoms with Crippen LogP contribution in [-0.2, 0) is 16.1 Å². The van der Waals surface area contributed by atoms with Crippen LogP contribution in [0.4, 0.5) is 0 Å². The highest BCUT2D eigenvalue weighted by molar-refractivity contribution is 7.07. The maximum Gasteiger partial charge on any atom is 0.338 e. The molecule has 4 aromatic rings. The highest BCUT2D eigenvalue weighted by atomic mass is 32.1. The number of carboxylic acids is 1. The van der Waals surface area contributed by atoms with E-state index in [9.17, 15) is 14.4 Å². The maximum absolute atomic E-state index is 13.8. The van der Waals surface area contributed by atoms with Crippen LogP contribution in [0.1, 0.15) is 46.9 Å². The van der Waals surface area contributed by atoms with Gasteiger partial charge in [-0.2, -0.15) is 0 Å². The predicted molar refractivity (Wildman–Crippen MR) is 158 cm³/mol. The summed E-state index contributed by atoms with van der Waals surface area (Å²) in [5.41, 5.74) is 2.99. The molecule has 1 atom stereocenters. The van der Waals surface area contributed by atoms with Crippen molar-refractivity contribution in [2.75, 3.05) is 13.7 Å². The average molecular weight is 585 g/mol. The number of hydrogen-bond donors (Lipinski definition) is 1. The molecule has 1 aliphatic rings. The molecule has 1 aliphatic heterocycles. The molecule has 3 aromatic carbocycles. The lowest BCUT2D eigenvalue weighted by Crippen LogP contribution is -2.40. The van der Waals surface area contributed by atoms with Gasteiger partial charge in [-0.3, -0.25) is 9.36 Å². The van der Waals surface area contributed by atoms with Gasteiger partial charge in [0, 0.05) is 5.56 Å². The van der Waals surface area contributed by atoms with Crippen molar-refractivity contribution in [3.63, 3.8) is 0 Å². The van der Waals surface area contributed by atoms with E-state index in [1.165, 1.54) is 28.0 Å². The summed E-state index contributed by atoms with van der Waals surface area (Å²) < 4.78 is 18.8. The van der Waals surface area contributed by atoms with Crippen LogP contribution in [0, 0.1) is 0 Å². The molecule has 1 aromatic heterocycles. The molecule has 5 rings (SSSR count). The number of nitrogens with zero attached hydrogens (tertiary/aromatic N) is 2. The first kappa shape index (κ1) is 28.6. The van der Waals surface area contributed by atoms with E-state index in [0.717, 1.165) is 11.1 Å². The molecule has 0 amide bonds. The summed E-state index contributed by atoms with van der Waals surface area (Å²) in [4.78, 5) is 43.0. The van der Waals surface area contributed by atoms with Crippen LogP contribution in [0.15, 0.2) is 93.9 Å². The van der Waals surface area contributed by atoms with E-state index >= 15 is 0 Å². The molecular formula is C32H28N2O7S. The first-order chi connectivity index (χ1) is 20.3. The summed E-state index contributed by atoms with van der Waals surface area (Å²) in [6, 6.07) is 20.3. The number of methoxy groups -OCH3 is 1. The number of ether oxygens (including phenoxy) is 3. The SMILES string of the molecule is CCOC(=O)C1=C(C)N=c2s/c(=C/c3ccc(OCc4ccc(C(=O)O)cc4)cc3)c(=O)n2[C@@H]1c1ccccc1OC. The zero-order valence-corrected chi connectivity index (χ0v) is 24.0. The van der Waals surface area contributed by atoms with Crippen LogP contribution < -0.4 is 24.4 Å². The second-order valence-electron chi connectivity index (χ2n) is 9.40. The Morgan fingerprint density at radius 1 is 1.05 bits per heavy atom. The van der Waals surface area contributed by atoms with Gasteiger partial charge >= 0.3 is 11.9 Å². The van der Waals surface area contributed by atoms with Gasteiger partial charge in [-0.25, -0.2) is 14.6 Å². The van der Waals surface area contributed by atoms with Gasteiger partial charge in [0.25, 0.3) is 5.56 Å². The quantitative estimate of drug-likeness (QED) is 0.295. The minimum atomic E-state index is -0.977. The summed E-state index contributed by atoms with van der Waals surface area (Å²) in [7, 11) is 1.55. The molecule has 0 bridgehead atoms. The van der Waals surface area contributed by atoms with Crippen molar-refractivity contribution in [3.05, 3.63) is 126 Å². The third kappa shape index (κ3) is 5.75. The van der Waals surface area contributed by atoms with Crippen LogP contribution in [0.25, 0.3) is 6.08 Å². The van der Waals surface area contributed by atoms with E-state index in [1.807, 2.05) is 30.3 Å². The molecule has 0 saturated carbocycles. The van der Waals surface area contributed by atoms with Gasteiger partial charge in [0.1, 0.15) is 24.1 Å². The van der Waals surface area contributed by atoms with Gasteiger partial charge < -0.3 is 19.3 Å². The number of benzene rings is 3. The number of carbonyl (C=O) groups excluding carboxylic acids is 1. The molecule has 0 radical (unpaired) electrons. The Labute approximate surface area is 245 Å². The van der Waals surface area contributed by atoms with Gasteiger partial charge in [-0.1, -0.05) is 53.8 Å². The molecule has 0 fully saturated rings. The molecule has 9 nitrogen and oxygen atoms in total. The molecule has 0 unspecified atom stereocenters. The number of aromatic carboxylic acids is 1. The Balaban J connectivity index is 1.47. The van der Waals surface area contributed by atoms with Crippen molar-refractivity contribution in [3.8, 4) is 11.5 Å². The third-order valence-electron chi connectivity index (χ3n) is 6.73. The zero-order chi connectivity index (χ0) is 29.8.